The molecule has 0 unspecified atom stereocenters. The van der Waals surface area contributed by atoms with Crippen LogP contribution in [0, 0.1) is 0 Å². The lowest BCUT2D eigenvalue weighted by Gasteiger charge is -2.32. The molecule has 8 nitrogen and oxygen atoms in total. The smallest absolute Gasteiger partial charge is 0.257 e. The van der Waals surface area contributed by atoms with Gasteiger partial charge in [-0.2, -0.15) is 5.10 Å². The maximum atomic E-state index is 12.9. The van der Waals surface area contributed by atoms with E-state index in [1.54, 1.807) is 20.4 Å². The van der Waals surface area contributed by atoms with E-state index in [1.165, 1.54) is 0 Å². The van der Waals surface area contributed by atoms with Crippen molar-refractivity contribution in [2.75, 3.05) is 33.0 Å². The minimum Gasteiger partial charge on any atom is -0.493 e. The van der Waals surface area contributed by atoms with Crippen molar-refractivity contribution < 1.29 is 14.3 Å². The second kappa shape index (κ2) is 8.45. The number of methoxy groups -OCH3 is 2. The summed E-state index contributed by atoms with van der Waals surface area (Å²) in [6.45, 7) is 5.42. The van der Waals surface area contributed by atoms with Gasteiger partial charge in [0, 0.05) is 42.7 Å². The van der Waals surface area contributed by atoms with Crippen LogP contribution in [-0.4, -0.2) is 52.9 Å². The Kier molecular flexibility index (Phi) is 5.71. The number of hydrogen-bond donors (Lipinski definition) is 1. The lowest BCUT2D eigenvalue weighted by atomic mass is 9.91. The molecule has 164 valence electrons. The fraction of sp³-hybridized carbons (Fsp3) is 0.435. The van der Waals surface area contributed by atoms with Crippen molar-refractivity contribution in [1.82, 2.24) is 19.7 Å². The second-order valence-corrected chi connectivity index (χ2v) is 8.23. The summed E-state index contributed by atoms with van der Waals surface area (Å²) in [6, 6.07) is 5.94. The van der Waals surface area contributed by atoms with E-state index < -0.39 is 0 Å². The Morgan fingerprint density at radius 3 is 2.42 bits per heavy atom. The summed E-state index contributed by atoms with van der Waals surface area (Å²) >= 11 is 0. The van der Waals surface area contributed by atoms with Crippen molar-refractivity contribution in [2.24, 2.45) is 0 Å². The Balaban J connectivity index is 1.51. The third kappa shape index (κ3) is 4.02. The molecule has 1 aliphatic heterocycles. The zero-order valence-electron chi connectivity index (χ0n) is 18.5. The molecule has 2 N–H and O–H groups in total. The second-order valence-electron chi connectivity index (χ2n) is 8.23. The van der Waals surface area contributed by atoms with Gasteiger partial charge in [0.1, 0.15) is 0 Å². The number of pyridine rings is 1. The number of rotatable bonds is 5. The molecule has 1 saturated heterocycles. The van der Waals surface area contributed by atoms with Crippen molar-refractivity contribution in [2.45, 2.75) is 38.6 Å². The van der Waals surface area contributed by atoms with E-state index in [0.29, 0.717) is 35.8 Å². The largest absolute Gasteiger partial charge is 0.493 e. The number of carbonyl (C=O) groups excluding carboxylic acids is 1. The number of anilines is 1. The zero-order valence-corrected chi connectivity index (χ0v) is 18.5. The van der Waals surface area contributed by atoms with Crippen LogP contribution in [-0.2, 0) is 0 Å². The van der Waals surface area contributed by atoms with Crippen LogP contribution in [0.15, 0.2) is 30.6 Å². The van der Waals surface area contributed by atoms with E-state index in [9.17, 15) is 4.79 Å². The average molecular weight is 424 g/mol. The number of fused-ring (bicyclic) bond motifs is 1. The zero-order chi connectivity index (χ0) is 22.1. The first-order valence-electron chi connectivity index (χ1n) is 10.6. The molecule has 0 aliphatic carbocycles. The first-order valence-corrected chi connectivity index (χ1v) is 10.6. The number of nitrogens with zero attached hydrogens (tertiary/aromatic N) is 4. The summed E-state index contributed by atoms with van der Waals surface area (Å²) in [6.07, 6.45) is 5.11. The predicted octanol–water partition coefficient (Wildman–Crippen LogP) is 3.63. The number of ether oxygens (including phenoxy) is 2. The van der Waals surface area contributed by atoms with E-state index in [1.807, 2.05) is 47.8 Å². The Morgan fingerprint density at radius 2 is 1.81 bits per heavy atom. The van der Waals surface area contributed by atoms with Gasteiger partial charge in [0.15, 0.2) is 11.5 Å². The summed E-state index contributed by atoms with van der Waals surface area (Å²) in [5, 5.41) is 5.20. The van der Waals surface area contributed by atoms with Crippen molar-refractivity contribution in [3.8, 4) is 11.5 Å². The number of nitrogen functional groups attached to an aromatic ring is 1. The van der Waals surface area contributed by atoms with Crippen LogP contribution in [0.25, 0.3) is 10.9 Å². The average Bonchev–Trinajstić information content (AvgIpc) is 3.28. The molecule has 1 fully saturated rings. The van der Waals surface area contributed by atoms with E-state index in [0.717, 1.165) is 29.4 Å². The Labute approximate surface area is 181 Å². The fourth-order valence-corrected chi connectivity index (χ4v) is 4.13. The van der Waals surface area contributed by atoms with Crippen LogP contribution in [0.5, 0.6) is 11.5 Å². The monoisotopic (exact) mass is 423 g/mol. The van der Waals surface area contributed by atoms with Gasteiger partial charge in [0.25, 0.3) is 5.91 Å². The molecule has 8 heteroatoms. The number of amides is 1. The van der Waals surface area contributed by atoms with Crippen LogP contribution >= 0.6 is 0 Å². The maximum absolute atomic E-state index is 12.9. The van der Waals surface area contributed by atoms with Gasteiger partial charge < -0.3 is 20.1 Å². The summed E-state index contributed by atoms with van der Waals surface area (Å²) in [4.78, 5) is 19.6. The highest BCUT2D eigenvalue weighted by molar-refractivity contribution is 5.93. The molecule has 0 spiro atoms. The summed E-state index contributed by atoms with van der Waals surface area (Å²) in [7, 11) is 3.22. The van der Waals surface area contributed by atoms with Gasteiger partial charge in [-0.1, -0.05) is 0 Å². The van der Waals surface area contributed by atoms with E-state index in [4.69, 9.17) is 20.2 Å². The molecule has 1 aliphatic rings. The SMILES string of the molecule is COc1cc2cc(N)c(C3CCN(C(=O)c4cnn(C(C)C)c4)CC3)nc2cc1OC. The number of aromatic nitrogens is 3. The molecule has 0 bridgehead atoms. The van der Waals surface area contributed by atoms with Crippen LogP contribution in [0.3, 0.4) is 0 Å². The molecular formula is C23H29N5O3. The molecule has 1 amide bonds. The van der Waals surface area contributed by atoms with Crippen LogP contribution in [0.2, 0.25) is 0 Å². The number of nitrogens with two attached hydrogens (primary N) is 1. The summed E-state index contributed by atoms with van der Waals surface area (Å²) in [5.74, 6) is 1.53. The normalized spacial score (nSPS) is 14.9. The minimum atomic E-state index is 0.0293. The Hall–Kier alpha value is -3.29. The van der Waals surface area contributed by atoms with E-state index in [2.05, 4.69) is 5.10 Å². The van der Waals surface area contributed by atoms with Gasteiger partial charge in [-0.05, 0) is 38.8 Å². The molecule has 0 saturated carbocycles. The number of likely N-dealkylation sites (tertiary alicyclic amines) is 1. The van der Waals surface area contributed by atoms with Crippen LogP contribution in [0.4, 0.5) is 5.69 Å². The van der Waals surface area contributed by atoms with Gasteiger partial charge >= 0.3 is 0 Å². The highest BCUT2D eigenvalue weighted by Crippen LogP contribution is 2.36. The minimum absolute atomic E-state index is 0.0293. The Bertz CT molecular complexity index is 1100. The van der Waals surface area contributed by atoms with Crippen molar-refractivity contribution >= 4 is 22.5 Å². The van der Waals surface area contributed by atoms with Gasteiger partial charge in [-0.25, -0.2) is 0 Å². The quantitative estimate of drug-likeness (QED) is 0.673. The Morgan fingerprint density at radius 1 is 1.13 bits per heavy atom. The molecule has 1 aromatic carbocycles. The molecule has 3 aromatic rings. The standard InChI is InChI=1S/C23H29N5O3/c1-14(2)28-13-17(12-25-28)23(29)27-7-5-15(6-8-27)22-18(24)9-16-10-20(30-3)21(31-4)11-19(16)26-22/h9-15H,5-8,24H2,1-4H3. The number of hydrogen-bond acceptors (Lipinski definition) is 6. The first kappa shape index (κ1) is 21.0. The fourth-order valence-electron chi connectivity index (χ4n) is 4.13. The van der Waals surface area contributed by atoms with Crippen LogP contribution in [0.1, 0.15) is 54.7 Å². The third-order valence-corrected chi connectivity index (χ3v) is 5.93. The van der Waals surface area contributed by atoms with E-state index >= 15 is 0 Å². The molecule has 2 aromatic heterocycles. The first-order chi connectivity index (χ1) is 14.9. The molecular weight excluding hydrogens is 394 g/mol. The topological polar surface area (TPSA) is 95.5 Å². The highest BCUT2D eigenvalue weighted by atomic mass is 16.5. The third-order valence-electron chi connectivity index (χ3n) is 5.93. The summed E-state index contributed by atoms with van der Waals surface area (Å²) in [5.41, 5.74) is 9.38. The molecule has 31 heavy (non-hydrogen) atoms. The van der Waals surface area contributed by atoms with E-state index in [-0.39, 0.29) is 17.9 Å². The number of benzene rings is 1. The lowest BCUT2D eigenvalue weighted by molar-refractivity contribution is 0.0712. The van der Waals surface area contributed by atoms with Crippen LogP contribution < -0.4 is 15.2 Å². The molecule has 3 heterocycles. The van der Waals surface area contributed by atoms with Crippen molar-refractivity contribution in [1.29, 1.82) is 0 Å². The van der Waals surface area contributed by atoms with Crippen molar-refractivity contribution in [3.05, 3.63) is 41.9 Å². The number of piperidine rings is 1. The number of carbonyl (C=O) groups is 1. The lowest BCUT2D eigenvalue weighted by Crippen LogP contribution is -2.38. The van der Waals surface area contributed by atoms with Gasteiger partial charge in [-0.15, -0.1) is 0 Å². The summed E-state index contributed by atoms with van der Waals surface area (Å²) < 4.78 is 12.6. The van der Waals surface area contributed by atoms with Gasteiger partial charge in [0.2, 0.25) is 0 Å². The van der Waals surface area contributed by atoms with Crippen molar-refractivity contribution in [3.63, 3.8) is 0 Å². The highest BCUT2D eigenvalue weighted by Gasteiger charge is 2.27. The molecule has 0 radical (unpaired) electrons. The molecule has 0 atom stereocenters. The van der Waals surface area contributed by atoms with Gasteiger partial charge in [0.05, 0.1) is 42.9 Å². The molecule has 4 rings (SSSR count). The predicted molar refractivity (Wildman–Crippen MR) is 120 cm³/mol. The van der Waals surface area contributed by atoms with Gasteiger partial charge in [-0.3, -0.25) is 14.5 Å². The maximum Gasteiger partial charge on any atom is 0.257 e.